The van der Waals surface area contributed by atoms with Crippen molar-refractivity contribution in [2.45, 2.75) is 112 Å². The van der Waals surface area contributed by atoms with Gasteiger partial charge in [0.2, 0.25) is 17.6 Å². The monoisotopic (exact) mass is 577 g/mol. The standard InChI is InChI=1S/C30H51N5O6/c1-14(2)20(22(36)15(3)4)33-28(41)34-24(29(5,6)7)27(40)35-13-17-19(30(17,8)9)21(35)26(39)32-18(12-16-10-11-16)23(37)25(31)38/h14-21,24,28,33-34,41H,10-13H2,1-9H3,(H2,31,38)(H,32,39)/t17-,18?,19-,20-,21-,24+,28?/m0/s1. The molecule has 3 amide bonds. The van der Waals surface area contributed by atoms with Gasteiger partial charge in [0.05, 0.1) is 18.1 Å². The molecule has 1 aliphatic heterocycles. The minimum Gasteiger partial charge on any atom is -0.365 e. The van der Waals surface area contributed by atoms with Gasteiger partial charge >= 0.3 is 0 Å². The van der Waals surface area contributed by atoms with E-state index in [0.29, 0.717) is 13.0 Å². The van der Waals surface area contributed by atoms with Gasteiger partial charge in [0.25, 0.3) is 5.91 Å². The number of hydrogen-bond donors (Lipinski definition) is 5. The lowest BCUT2D eigenvalue weighted by Crippen LogP contribution is -2.64. The van der Waals surface area contributed by atoms with Crippen LogP contribution in [0.4, 0.5) is 0 Å². The van der Waals surface area contributed by atoms with E-state index < -0.39 is 53.5 Å². The largest absolute Gasteiger partial charge is 0.365 e. The number of amides is 3. The second-order valence-electron chi connectivity index (χ2n) is 14.7. The molecule has 0 spiro atoms. The predicted molar refractivity (Wildman–Crippen MR) is 154 cm³/mol. The van der Waals surface area contributed by atoms with E-state index in [1.54, 1.807) is 18.7 Å². The maximum Gasteiger partial charge on any atom is 0.287 e. The number of primary amides is 1. The van der Waals surface area contributed by atoms with Crippen molar-refractivity contribution in [2.75, 3.05) is 6.54 Å². The van der Waals surface area contributed by atoms with Crippen molar-refractivity contribution in [2.24, 2.45) is 46.2 Å². The number of nitrogens with zero attached hydrogens (tertiary/aromatic N) is 1. The van der Waals surface area contributed by atoms with Crippen LogP contribution >= 0.6 is 0 Å². The number of nitrogens with two attached hydrogens (primary N) is 1. The van der Waals surface area contributed by atoms with E-state index in [2.05, 4.69) is 29.8 Å². The van der Waals surface area contributed by atoms with Gasteiger partial charge in [0.15, 0.2) is 12.1 Å². The van der Waals surface area contributed by atoms with Crippen molar-refractivity contribution in [3.05, 3.63) is 0 Å². The summed E-state index contributed by atoms with van der Waals surface area (Å²) in [5.74, 6) is -2.82. The second kappa shape index (κ2) is 12.1. The fourth-order valence-electron chi connectivity index (χ4n) is 6.36. The Morgan fingerprint density at radius 1 is 1.02 bits per heavy atom. The molecule has 0 aromatic heterocycles. The van der Waals surface area contributed by atoms with E-state index in [4.69, 9.17) is 5.73 Å². The van der Waals surface area contributed by atoms with Crippen LogP contribution in [0.1, 0.15) is 81.6 Å². The third kappa shape index (κ3) is 7.35. The molecule has 2 saturated carbocycles. The zero-order chi connectivity index (χ0) is 31.2. The highest BCUT2D eigenvalue weighted by atomic mass is 16.3. The number of aliphatic hydroxyl groups is 1. The molecular formula is C30H51N5O6. The first-order valence-corrected chi connectivity index (χ1v) is 15.0. The van der Waals surface area contributed by atoms with E-state index in [0.717, 1.165) is 12.8 Å². The minimum absolute atomic E-state index is 0.0376. The summed E-state index contributed by atoms with van der Waals surface area (Å²) in [4.78, 5) is 66.4. The van der Waals surface area contributed by atoms with Gasteiger partial charge in [-0.05, 0) is 40.9 Å². The molecule has 0 aromatic rings. The predicted octanol–water partition coefficient (Wildman–Crippen LogP) is 0.928. The van der Waals surface area contributed by atoms with Gasteiger partial charge in [-0.15, -0.1) is 0 Å². The first-order chi connectivity index (χ1) is 18.8. The summed E-state index contributed by atoms with van der Waals surface area (Å²) >= 11 is 0. The number of aliphatic hydroxyl groups excluding tert-OH is 1. The van der Waals surface area contributed by atoms with E-state index >= 15 is 0 Å². The summed E-state index contributed by atoms with van der Waals surface area (Å²) in [6.07, 6.45) is 0.858. The molecule has 0 radical (unpaired) electrons. The average molecular weight is 578 g/mol. The molecule has 2 unspecified atom stereocenters. The number of likely N-dealkylation sites (tertiary alicyclic amines) is 1. The van der Waals surface area contributed by atoms with Crippen molar-refractivity contribution in [3.63, 3.8) is 0 Å². The lowest BCUT2D eigenvalue weighted by Gasteiger charge is -2.39. The summed E-state index contributed by atoms with van der Waals surface area (Å²) in [6, 6.07) is -3.34. The Balaban J connectivity index is 1.82. The Labute approximate surface area is 244 Å². The van der Waals surface area contributed by atoms with Crippen molar-refractivity contribution in [3.8, 4) is 0 Å². The number of piperidine rings is 1. The summed E-state index contributed by atoms with van der Waals surface area (Å²) in [5, 5.41) is 19.7. The number of Topliss-reactive ketones (excluding diaryl/α,β-unsaturated/α-hetero) is 2. The highest BCUT2D eigenvalue weighted by Crippen LogP contribution is 2.65. The molecule has 3 fully saturated rings. The molecule has 1 saturated heterocycles. The van der Waals surface area contributed by atoms with Crippen LogP contribution in [0.2, 0.25) is 0 Å². The number of carbonyl (C=O) groups excluding carboxylic acids is 5. The van der Waals surface area contributed by atoms with Gasteiger partial charge in [-0.3, -0.25) is 34.6 Å². The first-order valence-electron chi connectivity index (χ1n) is 15.0. The molecule has 3 rings (SSSR count). The second-order valence-corrected chi connectivity index (χ2v) is 14.7. The van der Waals surface area contributed by atoms with Gasteiger partial charge in [0, 0.05) is 12.5 Å². The Hall–Kier alpha value is -2.37. The fourth-order valence-corrected chi connectivity index (χ4v) is 6.36. The SMILES string of the molecule is CC(C)C(=O)[C@@H](NC(O)N[C@H](C(=O)N1C[C@H]2[C@@H]([C@H]1C(=O)NC(CC1CC1)C(=O)C(N)=O)C2(C)C)C(C)(C)C)C(C)C. The molecule has 41 heavy (non-hydrogen) atoms. The minimum atomic E-state index is -1.35. The van der Waals surface area contributed by atoms with Crippen molar-refractivity contribution < 1.29 is 29.1 Å². The van der Waals surface area contributed by atoms with E-state index in [-0.39, 0.29) is 46.7 Å². The van der Waals surface area contributed by atoms with Gasteiger partial charge < -0.3 is 21.1 Å². The van der Waals surface area contributed by atoms with Crippen LogP contribution in [0, 0.1) is 40.4 Å². The smallest absolute Gasteiger partial charge is 0.287 e. The highest BCUT2D eigenvalue weighted by molar-refractivity contribution is 6.37. The van der Waals surface area contributed by atoms with Crippen LogP contribution < -0.4 is 21.7 Å². The molecule has 1 heterocycles. The molecule has 2 aliphatic carbocycles. The van der Waals surface area contributed by atoms with Crippen molar-refractivity contribution in [1.29, 1.82) is 0 Å². The van der Waals surface area contributed by atoms with Gasteiger partial charge in [-0.25, -0.2) is 0 Å². The molecule has 232 valence electrons. The zero-order valence-corrected chi connectivity index (χ0v) is 26.1. The molecule has 0 bridgehead atoms. The summed E-state index contributed by atoms with van der Waals surface area (Å²) in [6.45, 7) is 17.5. The number of carbonyl (C=O) groups is 5. The van der Waals surface area contributed by atoms with Crippen molar-refractivity contribution >= 4 is 29.3 Å². The number of fused-ring (bicyclic) bond motifs is 1. The average Bonchev–Trinajstić information content (AvgIpc) is 3.70. The zero-order valence-electron chi connectivity index (χ0n) is 26.1. The Kier molecular flexibility index (Phi) is 9.77. The number of rotatable bonds is 14. The molecular weight excluding hydrogens is 526 g/mol. The molecule has 11 nitrogen and oxygen atoms in total. The molecule has 6 N–H and O–H groups in total. The number of hydrogen-bond acceptors (Lipinski definition) is 8. The Bertz CT molecular complexity index is 1050. The maximum atomic E-state index is 14.1. The van der Waals surface area contributed by atoms with Crippen LogP contribution in [0.25, 0.3) is 0 Å². The van der Waals surface area contributed by atoms with E-state index in [1.807, 2.05) is 34.6 Å². The lowest BCUT2D eigenvalue weighted by molar-refractivity contribution is -0.146. The third-order valence-electron chi connectivity index (χ3n) is 9.22. The highest BCUT2D eigenvalue weighted by Gasteiger charge is 2.70. The topological polar surface area (TPSA) is 171 Å². The van der Waals surface area contributed by atoms with Gasteiger partial charge in [0.1, 0.15) is 6.04 Å². The van der Waals surface area contributed by atoms with Crippen LogP contribution in [-0.4, -0.2) is 76.4 Å². The molecule has 7 atom stereocenters. The van der Waals surface area contributed by atoms with Crippen LogP contribution in [0.15, 0.2) is 0 Å². The van der Waals surface area contributed by atoms with E-state index in [1.165, 1.54) is 0 Å². The first kappa shape index (κ1) is 33.1. The Morgan fingerprint density at radius 3 is 2.07 bits per heavy atom. The van der Waals surface area contributed by atoms with Gasteiger partial charge in [-0.1, -0.05) is 75.2 Å². The number of ketones is 2. The van der Waals surface area contributed by atoms with Crippen LogP contribution in [0.3, 0.4) is 0 Å². The van der Waals surface area contributed by atoms with Crippen LogP contribution in [-0.2, 0) is 24.0 Å². The number of nitrogens with one attached hydrogen (secondary N) is 3. The van der Waals surface area contributed by atoms with Gasteiger partial charge in [-0.2, -0.15) is 0 Å². The molecule has 3 aliphatic rings. The lowest BCUT2D eigenvalue weighted by atomic mass is 9.85. The fraction of sp³-hybridized carbons (Fsp3) is 0.833. The maximum absolute atomic E-state index is 14.1. The molecule has 0 aromatic carbocycles. The van der Waals surface area contributed by atoms with E-state index in [9.17, 15) is 29.1 Å². The normalized spacial score (nSPS) is 26.2. The summed E-state index contributed by atoms with van der Waals surface area (Å²) < 4.78 is 0. The summed E-state index contributed by atoms with van der Waals surface area (Å²) in [7, 11) is 0. The van der Waals surface area contributed by atoms with Crippen molar-refractivity contribution in [1.82, 2.24) is 20.9 Å². The Morgan fingerprint density at radius 2 is 1.61 bits per heavy atom. The summed E-state index contributed by atoms with van der Waals surface area (Å²) in [5.41, 5.74) is 4.46. The molecule has 11 heteroatoms. The van der Waals surface area contributed by atoms with Crippen LogP contribution in [0.5, 0.6) is 0 Å². The third-order valence-corrected chi connectivity index (χ3v) is 9.22. The quantitative estimate of drug-likeness (QED) is 0.150.